The second kappa shape index (κ2) is 7.98. The molecule has 0 saturated heterocycles. The van der Waals surface area contributed by atoms with Gasteiger partial charge >= 0.3 is 0 Å². The summed E-state index contributed by atoms with van der Waals surface area (Å²) >= 11 is 0. The summed E-state index contributed by atoms with van der Waals surface area (Å²) in [7, 11) is 3.83. The van der Waals surface area contributed by atoms with Crippen molar-refractivity contribution in [1.29, 1.82) is 0 Å². The van der Waals surface area contributed by atoms with Gasteiger partial charge < -0.3 is 15.0 Å². The van der Waals surface area contributed by atoms with Crippen LogP contribution in [0, 0.1) is 5.92 Å². The zero-order chi connectivity index (χ0) is 13.4. The van der Waals surface area contributed by atoms with Crippen LogP contribution in [-0.2, 0) is 0 Å². The summed E-state index contributed by atoms with van der Waals surface area (Å²) in [6.45, 7) is 7.66. The Morgan fingerprint density at radius 2 is 2.00 bits per heavy atom. The Bertz CT molecular complexity index is 339. The predicted molar refractivity (Wildman–Crippen MR) is 78.6 cm³/mol. The minimum atomic E-state index is 0.719. The summed E-state index contributed by atoms with van der Waals surface area (Å²) in [5.74, 6) is 1.66. The standard InChI is InChI=1S/C15H26N2O/c1-13(2)12-16-10-7-11-17(3)14-8-5-6-9-15(14)18-4/h5-6,8-9,13,16H,7,10-12H2,1-4H3. The van der Waals surface area contributed by atoms with Gasteiger partial charge in [-0.2, -0.15) is 0 Å². The maximum absolute atomic E-state index is 5.37. The summed E-state index contributed by atoms with van der Waals surface area (Å²) in [5.41, 5.74) is 1.16. The van der Waals surface area contributed by atoms with Gasteiger partial charge in [-0.15, -0.1) is 0 Å². The Kier molecular flexibility index (Phi) is 6.58. The summed E-state index contributed by atoms with van der Waals surface area (Å²) in [6, 6.07) is 8.15. The van der Waals surface area contributed by atoms with Gasteiger partial charge in [0.1, 0.15) is 5.75 Å². The molecule has 0 bridgehead atoms. The molecule has 0 atom stereocenters. The fraction of sp³-hybridized carbons (Fsp3) is 0.600. The summed E-state index contributed by atoms with van der Waals surface area (Å²) in [4.78, 5) is 2.25. The highest BCUT2D eigenvalue weighted by molar-refractivity contribution is 5.57. The molecule has 3 heteroatoms. The van der Waals surface area contributed by atoms with Gasteiger partial charge in [0.25, 0.3) is 0 Å². The van der Waals surface area contributed by atoms with E-state index in [1.165, 1.54) is 0 Å². The molecule has 18 heavy (non-hydrogen) atoms. The fourth-order valence-electron chi connectivity index (χ4n) is 1.90. The first-order chi connectivity index (χ1) is 8.65. The van der Waals surface area contributed by atoms with Crippen molar-refractivity contribution in [3.63, 3.8) is 0 Å². The van der Waals surface area contributed by atoms with Gasteiger partial charge in [0, 0.05) is 13.6 Å². The molecule has 0 aliphatic rings. The molecular formula is C15H26N2O. The second-order valence-corrected chi connectivity index (χ2v) is 5.04. The number of rotatable bonds is 8. The molecule has 1 N–H and O–H groups in total. The van der Waals surface area contributed by atoms with Crippen LogP contribution in [0.3, 0.4) is 0 Å². The zero-order valence-electron chi connectivity index (χ0n) is 12.1. The zero-order valence-corrected chi connectivity index (χ0v) is 12.1. The van der Waals surface area contributed by atoms with E-state index in [9.17, 15) is 0 Å². The molecular weight excluding hydrogens is 224 g/mol. The molecule has 0 radical (unpaired) electrons. The van der Waals surface area contributed by atoms with Gasteiger partial charge in [-0.3, -0.25) is 0 Å². The van der Waals surface area contributed by atoms with Crippen LogP contribution in [0.15, 0.2) is 24.3 Å². The first-order valence-electron chi connectivity index (χ1n) is 6.70. The quantitative estimate of drug-likeness (QED) is 0.718. The summed E-state index contributed by atoms with van der Waals surface area (Å²) in [5, 5.41) is 3.46. The van der Waals surface area contributed by atoms with Crippen LogP contribution in [-0.4, -0.2) is 33.8 Å². The van der Waals surface area contributed by atoms with Gasteiger partial charge in [0.15, 0.2) is 0 Å². The highest BCUT2D eigenvalue weighted by atomic mass is 16.5. The third-order valence-electron chi connectivity index (χ3n) is 2.90. The average Bonchev–Trinajstić information content (AvgIpc) is 2.37. The number of nitrogens with one attached hydrogen (secondary N) is 1. The van der Waals surface area contributed by atoms with E-state index in [2.05, 4.69) is 37.2 Å². The smallest absolute Gasteiger partial charge is 0.142 e. The Morgan fingerprint density at radius 3 is 2.67 bits per heavy atom. The normalized spacial score (nSPS) is 10.7. The van der Waals surface area contributed by atoms with E-state index >= 15 is 0 Å². The van der Waals surface area contributed by atoms with Crippen LogP contribution < -0.4 is 15.0 Å². The first-order valence-corrected chi connectivity index (χ1v) is 6.70. The molecule has 0 spiro atoms. The molecule has 0 heterocycles. The SMILES string of the molecule is COc1ccccc1N(C)CCCNCC(C)C. The van der Waals surface area contributed by atoms with E-state index in [4.69, 9.17) is 4.74 Å². The van der Waals surface area contributed by atoms with Crippen LogP contribution in [0.25, 0.3) is 0 Å². The monoisotopic (exact) mass is 250 g/mol. The summed E-state index contributed by atoms with van der Waals surface area (Å²) < 4.78 is 5.37. The Hall–Kier alpha value is -1.22. The van der Waals surface area contributed by atoms with Crippen LogP contribution in [0.1, 0.15) is 20.3 Å². The van der Waals surface area contributed by atoms with Crippen LogP contribution >= 0.6 is 0 Å². The van der Waals surface area contributed by atoms with Crippen molar-refractivity contribution in [2.75, 3.05) is 38.7 Å². The minimum Gasteiger partial charge on any atom is -0.495 e. The summed E-state index contributed by atoms with van der Waals surface area (Å²) in [6.07, 6.45) is 1.14. The molecule has 1 rings (SSSR count). The number of hydrogen-bond donors (Lipinski definition) is 1. The number of para-hydroxylation sites is 2. The molecule has 0 unspecified atom stereocenters. The molecule has 0 aliphatic carbocycles. The van der Waals surface area contributed by atoms with E-state index in [-0.39, 0.29) is 0 Å². The third-order valence-corrected chi connectivity index (χ3v) is 2.90. The highest BCUT2D eigenvalue weighted by Gasteiger charge is 2.06. The van der Waals surface area contributed by atoms with Crippen molar-refractivity contribution >= 4 is 5.69 Å². The number of benzene rings is 1. The lowest BCUT2D eigenvalue weighted by Crippen LogP contribution is -2.26. The van der Waals surface area contributed by atoms with E-state index in [1.54, 1.807) is 7.11 Å². The maximum Gasteiger partial charge on any atom is 0.142 e. The van der Waals surface area contributed by atoms with Gasteiger partial charge in [-0.1, -0.05) is 26.0 Å². The molecule has 0 aliphatic heterocycles. The number of ether oxygens (including phenoxy) is 1. The van der Waals surface area contributed by atoms with Crippen molar-refractivity contribution < 1.29 is 4.74 Å². The molecule has 0 amide bonds. The number of methoxy groups -OCH3 is 1. The Morgan fingerprint density at radius 1 is 1.28 bits per heavy atom. The molecule has 102 valence electrons. The maximum atomic E-state index is 5.37. The van der Waals surface area contributed by atoms with E-state index in [1.807, 2.05) is 18.2 Å². The Labute approximate surface area is 111 Å². The van der Waals surface area contributed by atoms with Gasteiger partial charge in [-0.05, 0) is 37.6 Å². The van der Waals surface area contributed by atoms with Gasteiger partial charge in [-0.25, -0.2) is 0 Å². The largest absolute Gasteiger partial charge is 0.495 e. The van der Waals surface area contributed by atoms with Crippen molar-refractivity contribution in [3.8, 4) is 5.75 Å². The molecule has 1 aromatic rings. The van der Waals surface area contributed by atoms with Gasteiger partial charge in [0.05, 0.1) is 12.8 Å². The molecule has 0 fully saturated rings. The number of nitrogens with zero attached hydrogens (tertiary/aromatic N) is 1. The Balaban J connectivity index is 2.34. The lowest BCUT2D eigenvalue weighted by molar-refractivity contribution is 0.414. The van der Waals surface area contributed by atoms with Crippen molar-refractivity contribution in [2.24, 2.45) is 5.92 Å². The predicted octanol–water partition coefficient (Wildman–Crippen LogP) is 2.77. The van der Waals surface area contributed by atoms with E-state index in [0.29, 0.717) is 0 Å². The molecule has 0 aromatic heterocycles. The topological polar surface area (TPSA) is 24.5 Å². The van der Waals surface area contributed by atoms with Crippen LogP contribution in [0.4, 0.5) is 5.69 Å². The number of anilines is 1. The number of hydrogen-bond acceptors (Lipinski definition) is 3. The van der Waals surface area contributed by atoms with E-state index < -0.39 is 0 Å². The lowest BCUT2D eigenvalue weighted by Gasteiger charge is -2.21. The van der Waals surface area contributed by atoms with Crippen molar-refractivity contribution in [3.05, 3.63) is 24.3 Å². The van der Waals surface area contributed by atoms with E-state index in [0.717, 1.165) is 43.4 Å². The second-order valence-electron chi connectivity index (χ2n) is 5.04. The van der Waals surface area contributed by atoms with Crippen molar-refractivity contribution in [1.82, 2.24) is 5.32 Å². The fourth-order valence-corrected chi connectivity index (χ4v) is 1.90. The molecule has 1 aromatic carbocycles. The van der Waals surface area contributed by atoms with Gasteiger partial charge in [0.2, 0.25) is 0 Å². The minimum absolute atomic E-state index is 0.719. The first kappa shape index (κ1) is 14.8. The van der Waals surface area contributed by atoms with Crippen molar-refractivity contribution in [2.45, 2.75) is 20.3 Å². The highest BCUT2D eigenvalue weighted by Crippen LogP contribution is 2.26. The van der Waals surface area contributed by atoms with Crippen LogP contribution in [0.2, 0.25) is 0 Å². The van der Waals surface area contributed by atoms with Crippen LogP contribution in [0.5, 0.6) is 5.75 Å². The molecule has 3 nitrogen and oxygen atoms in total. The molecule has 0 saturated carbocycles. The average molecular weight is 250 g/mol. The third kappa shape index (κ3) is 4.96. The lowest BCUT2D eigenvalue weighted by atomic mass is 10.2.